The van der Waals surface area contributed by atoms with Crippen molar-refractivity contribution in [1.29, 1.82) is 0 Å². The minimum absolute atomic E-state index is 0.726. The highest BCUT2D eigenvalue weighted by Gasteiger charge is 2.38. The lowest BCUT2D eigenvalue weighted by Crippen LogP contribution is -2.37. The van der Waals surface area contributed by atoms with E-state index in [2.05, 4.69) is 34.6 Å². The third-order valence-corrected chi connectivity index (χ3v) is 9.50. The molecular formula is C30H58O2. The van der Waals surface area contributed by atoms with Crippen molar-refractivity contribution in [3.05, 3.63) is 0 Å². The molecule has 2 heteroatoms. The van der Waals surface area contributed by atoms with E-state index in [4.69, 9.17) is 9.47 Å². The molecule has 6 atom stereocenters. The second-order valence-electron chi connectivity index (χ2n) is 11.6. The third-order valence-electron chi connectivity index (χ3n) is 9.50. The van der Waals surface area contributed by atoms with Gasteiger partial charge in [0.2, 0.25) is 0 Å². The van der Waals surface area contributed by atoms with Crippen molar-refractivity contribution >= 4 is 0 Å². The van der Waals surface area contributed by atoms with Gasteiger partial charge in [-0.15, -0.1) is 0 Å². The Hall–Kier alpha value is -0.0800. The van der Waals surface area contributed by atoms with Crippen molar-refractivity contribution < 1.29 is 9.47 Å². The zero-order chi connectivity index (χ0) is 23.3. The van der Waals surface area contributed by atoms with Crippen molar-refractivity contribution in [3.63, 3.8) is 0 Å². The Bertz CT molecular complexity index is 447. The van der Waals surface area contributed by atoms with Crippen LogP contribution in [0.2, 0.25) is 0 Å². The van der Waals surface area contributed by atoms with Gasteiger partial charge in [0.05, 0.1) is 0 Å². The maximum absolute atomic E-state index is 6.03. The van der Waals surface area contributed by atoms with E-state index < -0.39 is 0 Å². The van der Waals surface area contributed by atoms with Gasteiger partial charge in [-0.1, -0.05) is 105 Å². The van der Waals surface area contributed by atoms with Crippen molar-refractivity contribution in [1.82, 2.24) is 0 Å². The average molecular weight is 451 g/mol. The van der Waals surface area contributed by atoms with Crippen LogP contribution >= 0.6 is 0 Å². The Morgan fingerprint density at radius 2 is 1.09 bits per heavy atom. The van der Waals surface area contributed by atoms with Crippen molar-refractivity contribution in [3.8, 4) is 0 Å². The van der Waals surface area contributed by atoms with E-state index in [1.807, 2.05) is 7.11 Å². The standard InChI is InChI=1S/C30H58O2/c1-7-25(21-31-6)29(27-16-12-10-13-17-27)23(4)20-24(5)30(26(8-2)22-32-9-3)28-18-14-11-15-19-28/h23-30H,7-22H2,1-6H3/t23?,24?,25-,26?,29?,30?/m0/s1. The summed E-state index contributed by atoms with van der Waals surface area (Å²) in [5, 5.41) is 0. The van der Waals surface area contributed by atoms with Crippen LogP contribution in [0.15, 0.2) is 0 Å². The predicted molar refractivity (Wildman–Crippen MR) is 139 cm³/mol. The van der Waals surface area contributed by atoms with Crippen molar-refractivity contribution in [2.75, 3.05) is 26.9 Å². The summed E-state index contributed by atoms with van der Waals surface area (Å²) in [5.41, 5.74) is 0. The molecule has 0 aliphatic heterocycles. The van der Waals surface area contributed by atoms with Crippen LogP contribution < -0.4 is 0 Å². The molecule has 32 heavy (non-hydrogen) atoms. The molecule has 0 N–H and O–H groups in total. The summed E-state index contributed by atoms with van der Waals surface area (Å²) in [5.74, 6) is 6.56. The van der Waals surface area contributed by atoms with Gasteiger partial charge in [-0.25, -0.2) is 0 Å². The van der Waals surface area contributed by atoms with Crippen LogP contribution in [0.4, 0.5) is 0 Å². The smallest absolute Gasteiger partial charge is 0.0496 e. The monoisotopic (exact) mass is 450 g/mol. The first-order valence-electron chi connectivity index (χ1n) is 14.6. The molecule has 2 nitrogen and oxygen atoms in total. The summed E-state index contributed by atoms with van der Waals surface area (Å²) in [6.07, 6.45) is 18.5. The number of rotatable bonds is 15. The maximum atomic E-state index is 6.03. The lowest BCUT2D eigenvalue weighted by molar-refractivity contribution is 0.0117. The van der Waals surface area contributed by atoms with Crippen molar-refractivity contribution in [2.45, 2.75) is 118 Å². The number of hydrogen-bond donors (Lipinski definition) is 0. The molecule has 2 saturated carbocycles. The fraction of sp³-hybridized carbons (Fsp3) is 1.00. The SMILES string of the molecule is CCOCC(CC)C(C(C)CC(C)C(C1CCCCC1)[C@@H](CC)COC)C1CCCCC1. The van der Waals surface area contributed by atoms with E-state index in [9.17, 15) is 0 Å². The zero-order valence-corrected chi connectivity index (χ0v) is 22.7. The van der Waals surface area contributed by atoms with Gasteiger partial charge >= 0.3 is 0 Å². The van der Waals surface area contributed by atoms with Gasteiger partial charge in [0.15, 0.2) is 0 Å². The van der Waals surface area contributed by atoms with Crippen LogP contribution in [0, 0.1) is 47.3 Å². The summed E-state index contributed by atoms with van der Waals surface area (Å²) in [7, 11) is 1.91. The fourth-order valence-corrected chi connectivity index (χ4v) is 8.05. The summed E-state index contributed by atoms with van der Waals surface area (Å²) in [4.78, 5) is 0. The second kappa shape index (κ2) is 15.8. The quantitative estimate of drug-likeness (QED) is 0.248. The van der Waals surface area contributed by atoms with Gasteiger partial charge in [-0.3, -0.25) is 0 Å². The van der Waals surface area contributed by atoms with Gasteiger partial charge in [-0.2, -0.15) is 0 Å². The first kappa shape index (κ1) is 28.2. The molecule has 0 spiro atoms. The highest BCUT2D eigenvalue weighted by atomic mass is 16.5. The number of hydrogen-bond acceptors (Lipinski definition) is 2. The van der Waals surface area contributed by atoms with E-state index in [0.717, 1.165) is 67.2 Å². The van der Waals surface area contributed by atoms with E-state index in [-0.39, 0.29) is 0 Å². The number of ether oxygens (including phenoxy) is 2. The normalized spacial score (nSPS) is 24.6. The molecule has 0 bridgehead atoms. The molecule has 0 radical (unpaired) electrons. The molecule has 2 aliphatic carbocycles. The molecule has 0 aromatic carbocycles. The molecule has 0 saturated heterocycles. The highest BCUT2D eigenvalue weighted by Crippen LogP contribution is 2.46. The lowest BCUT2D eigenvalue weighted by atomic mass is 9.62. The van der Waals surface area contributed by atoms with Crippen LogP contribution in [-0.4, -0.2) is 26.9 Å². The highest BCUT2D eigenvalue weighted by molar-refractivity contribution is 4.88. The van der Waals surface area contributed by atoms with E-state index >= 15 is 0 Å². The number of methoxy groups -OCH3 is 1. The third kappa shape index (κ3) is 8.30. The molecule has 0 aromatic heterocycles. The molecular weight excluding hydrogens is 392 g/mol. The Labute approximate surface area is 202 Å². The van der Waals surface area contributed by atoms with Crippen LogP contribution in [0.5, 0.6) is 0 Å². The van der Waals surface area contributed by atoms with Gasteiger partial charge in [0.1, 0.15) is 0 Å². The Morgan fingerprint density at radius 3 is 1.47 bits per heavy atom. The fourth-order valence-electron chi connectivity index (χ4n) is 8.05. The summed E-state index contributed by atoms with van der Waals surface area (Å²) < 4.78 is 11.8. The predicted octanol–water partition coefficient (Wildman–Crippen LogP) is 8.78. The molecule has 0 aromatic rings. The molecule has 0 heterocycles. The van der Waals surface area contributed by atoms with Gasteiger partial charge in [0.25, 0.3) is 0 Å². The first-order chi connectivity index (χ1) is 15.6. The molecule has 190 valence electrons. The van der Waals surface area contributed by atoms with E-state index in [1.165, 1.54) is 83.5 Å². The van der Waals surface area contributed by atoms with Gasteiger partial charge in [0, 0.05) is 26.9 Å². The summed E-state index contributed by atoms with van der Waals surface area (Å²) in [6, 6.07) is 0. The van der Waals surface area contributed by atoms with Crippen molar-refractivity contribution in [2.24, 2.45) is 47.3 Å². The topological polar surface area (TPSA) is 18.5 Å². The summed E-state index contributed by atoms with van der Waals surface area (Å²) >= 11 is 0. The van der Waals surface area contributed by atoms with Crippen LogP contribution in [0.1, 0.15) is 118 Å². The second-order valence-corrected chi connectivity index (χ2v) is 11.6. The molecule has 2 aliphatic rings. The Morgan fingerprint density at radius 1 is 0.656 bits per heavy atom. The first-order valence-corrected chi connectivity index (χ1v) is 14.6. The minimum Gasteiger partial charge on any atom is -0.384 e. The Balaban J connectivity index is 2.17. The maximum Gasteiger partial charge on any atom is 0.0496 e. The molecule has 2 rings (SSSR count). The van der Waals surface area contributed by atoms with Gasteiger partial charge < -0.3 is 9.47 Å². The zero-order valence-electron chi connectivity index (χ0n) is 22.7. The lowest BCUT2D eigenvalue weighted by Gasteiger charge is -2.44. The van der Waals surface area contributed by atoms with Crippen LogP contribution in [0.25, 0.3) is 0 Å². The van der Waals surface area contributed by atoms with Crippen LogP contribution in [0.3, 0.4) is 0 Å². The molecule has 5 unspecified atom stereocenters. The Kier molecular flexibility index (Phi) is 13.9. The van der Waals surface area contributed by atoms with Gasteiger partial charge in [-0.05, 0) is 60.7 Å². The molecule has 2 fully saturated rings. The van der Waals surface area contributed by atoms with E-state index in [0.29, 0.717) is 0 Å². The van der Waals surface area contributed by atoms with E-state index in [1.54, 1.807) is 0 Å². The van der Waals surface area contributed by atoms with Crippen LogP contribution in [-0.2, 0) is 9.47 Å². The average Bonchev–Trinajstić information content (AvgIpc) is 2.82. The largest absolute Gasteiger partial charge is 0.384 e. The summed E-state index contributed by atoms with van der Waals surface area (Å²) in [6.45, 7) is 15.0. The minimum atomic E-state index is 0.726. The molecule has 0 amide bonds.